The van der Waals surface area contributed by atoms with Gasteiger partial charge in [-0.25, -0.2) is 0 Å². The van der Waals surface area contributed by atoms with Gasteiger partial charge in [0.1, 0.15) is 0 Å². The molecule has 0 saturated carbocycles. The number of carbonyl (C=O) groups is 1. The van der Waals surface area contributed by atoms with Crippen molar-refractivity contribution in [2.24, 2.45) is 5.10 Å². The Bertz CT molecular complexity index is 1180. The van der Waals surface area contributed by atoms with E-state index in [1.54, 1.807) is 12.1 Å². The van der Waals surface area contributed by atoms with Gasteiger partial charge in [0.15, 0.2) is 18.1 Å². The second kappa shape index (κ2) is 11.7. The number of alkyl halides is 3. The SMILES string of the molecule is CCOc1cc(/C=N/Nc2ccc(C(F)(F)F)cc2)cc(Br)c1OCC(=O)Nc1ccc(C)cc1. The van der Waals surface area contributed by atoms with E-state index in [1.165, 1.54) is 18.3 Å². The van der Waals surface area contributed by atoms with Crippen LogP contribution >= 0.6 is 15.9 Å². The molecule has 3 aromatic rings. The summed E-state index contributed by atoms with van der Waals surface area (Å²) in [6, 6.07) is 15.3. The number of anilines is 2. The van der Waals surface area contributed by atoms with E-state index in [9.17, 15) is 18.0 Å². The summed E-state index contributed by atoms with van der Waals surface area (Å²) in [7, 11) is 0. The lowest BCUT2D eigenvalue weighted by molar-refractivity contribution is -0.137. The van der Waals surface area contributed by atoms with Crippen molar-refractivity contribution in [3.8, 4) is 11.5 Å². The molecule has 1 amide bonds. The van der Waals surface area contributed by atoms with E-state index >= 15 is 0 Å². The number of ether oxygens (including phenoxy) is 2. The molecule has 2 N–H and O–H groups in total. The normalized spacial score (nSPS) is 11.4. The van der Waals surface area contributed by atoms with E-state index in [4.69, 9.17) is 9.47 Å². The summed E-state index contributed by atoms with van der Waals surface area (Å²) in [6.45, 7) is 3.91. The molecular weight excluding hydrogens is 527 g/mol. The molecule has 3 aromatic carbocycles. The van der Waals surface area contributed by atoms with Gasteiger partial charge in [-0.3, -0.25) is 10.2 Å². The van der Waals surface area contributed by atoms with Crippen molar-refractivity contribution < 1.29 is 27.4 Å². The molecule has 0 radical (unpaired) electrons. The summed E-state index contributed by atoms with van der Waals surface area (Å²) in [4.78, 5) is 12.3. The Morgan fingerprint density at radius 1 is 1.03 bits per heavy atom. The van der Waals surface area contributed by atoms with Crippen LogP contribution < -0.4 is 20.2 Å². The van der Waals surface area contributed by atoms with Crippen LogP contribution in [0.4, 0.5) is 24.5 Å². The topological polar surface area (TPSA) is 71.9 Å². The van der Waals surface area contributed by atoms with Gasteiger partial charge in [0, 0.05) is 5.69 Å². The Morgan fingerprint density at radius 2 is 1.69 bits per heavy atom. The quantitative estimate of drug-likeness (QED) is 0.232. The lowest BCUT2D eigenvalue weighted by Gasteiger charge is -2.14. The van der Waals surface area contributed by atoms with Crippen LogP contribution in [-0.2, 0) is 11.0 Å². The number of carbonyl (C=O) groups excluding carboxylic acids is 1. The maximum atomic E-state index is 12.7. The van der Waals surface area contributed by atoms with Gasteiger partial charge in [0.05, 0.1) is 28.5 Å². The molecule has 0 aliphatic carbocycles. The van der Waals surface area contributed by atoms with Crippen molar-refractivity contribution in [2.45, 2.75) is 20.0 Å². The van der Waals surface area contributed by atoms with Crippen LogP contribution in [0.1, 0.15) is 23.6 Å². The van der Waals surface area contributed by atoms with E-state index in [1.807, 2.05) is 38.1 Å². The van der Waals surface area contributed by atoms with Gasteiger partial charge >= 0.3 is 6.18 Å². The molecule has 35 heavy (non-hydrogen) atoms. The first-order valence-electron chi connectivity index (χ1n) is 10.6. The third-order valence-corrected chi connectivity index (χ3v) is 5.22. The number of hydrazone groups is 1. The zero-order valence-corrected chi connectivity index (χ0v) is 20.5. The van der Waals surface area contributed by atoms with Gasteiger partial charge in [-0.2, -0.15) is 18.3 Å². The first kappa shape index (κ1) is 26.1. The number of halogens is 4. The summed E-state index contributed by atoms with van der Waals surface area (Å²) < 4.78 is 49.9. The number of aryl methyl sites for hydroxylation is 1. The first-order chi connectivity index (χ1) is 16.7. The molecule has 6 nitrogen and oxygen atoms in total. The molecule has 0 saturated heterocycles. The Hall–Kier alpha value is -3.53. The van der Waals surface area contributed by atoms with Crippen molar-refractivity contribution >= 4 is 39.4 Å². The Kier molecular flexibility index (Phi) is 8.75. The average Bonchev–Trinajstić information content (AvgIpc) is 2.80. The third-order valence-electron chi connectivity index (χ3n) is 4.63. The third kappa shape index (κ3) is 7.74. The first-order valence-corrected chi connectivity index (χ1v) is 11.4. The number of hydrogen-bond acceptors (Lipinski definition) is 5. The molecule has 0 unspecified atom stereocenters. The van der Waals surface area contributed by atoms with Crippen LogP contribution in [0.2, 0.25) is 0 Å². The summed E-state index contributed by atoms with van der Waals surface area (Å²) in [5.41, 5.74) is 4.74. The van der Waals surface area contributed by atoms with Crippen LogP contribution in [0.15, 0.2) is 70.2 Å². The highest BCUT2D eigenvalue weighted by molar-refractivity contribution is 9.10. The molecule has 0 fully saturated rings. The summed E-state index contributed by atoms with van der Waals surface area (Å²) in [5, 5.41) is 6.83. The molecule has 184 valence electrons. The molecule has 10 heteroatoms. The fraction of sp³-hybridized carbons (Fsp3) is 0.200. The number of nitrogens with zero attached hydrogens (tertiary/aromatic N) is 1. The maximum Gasteiger partial charge on any atom is 0.416 e. The van der Waals surface area contributed by atoms with Crippen molar-refractivity contribution in [3.63, 3.8) is 0 Å². The maximum absolute atomic E-state index is 12.7. The van der Waals surface area contributed by atoms with Crippen LogP contribution in [0.25, 0.3) is 0 Å². The van der Waals surface area contributed by atoms with Gasteiger partial charge in [-0.05, 0) is 83.9 Å². The lowest BCUT2D eigenvalue weighted by Crippen LogP contribution is -2.20. The number of rotatable bonds is 9. The molecule has 0 aromatic heterocycles. The van der Waals surface area contributed by atoms with Gasteiger partial charge in [-0.1, -0.05) is 17.7 Å². The highest BCUT2D eigenvalue weighted by Gasteiger charge is 2.29. The molecule has 0 heterocycles. The van der Waals surface area contributed by atoms with Gasteiger partial charge in [0.25, 0.3) is 5.91 Å². The number of amides is 1. The second-order valence-electron chi connectivity index (χ2n) is 7.41. The average molecular weight is 550 g/mol. The summed E-state index contributed by atoms with van der Waals surface area (Å²) >= 11 is 3.43. The minimum absolute atomic E-state index is 0.227. The van der Waals surface area contributed by atoms with Gasteiger partial charge in [-0.15, -0.1) is 0 Å². The minimum atomic E-state index is -4.39. The standard InChI is InChI=1S/C25H23BrF3N3O3/c1-3-34-22-13-17(14-30-32-20-10-6-18(7-11-20)25(27,28)29)12-21(26)24(22)35-15-23(33)31-19-8-4-16(2)5-9-19/h4-14,32H,3,15H2,1-2H3,(H,31,33)/b30-14+. The smallest absolute Gasteiger partial charge is 0.416 e. The lowest BCUT2D eigenvalue weighted by atomic mass is 10.2. The summed E-state index contributed by atoms with van der Waals surface area (Å²) in [6.07, 6.45) is -2.91. The second-order valence-corrected chi connectivity index (χ2v) is 8.27. The van der Waals surface area contributed by atoms with E-state index in [0.717, 1.165) is 17.7 Å². The Morgan fingerprint density at radius 3 is 2.31 bits per heavy atom. The Labute approximate surface area is 209 Å². The predicted molar refractivity (Wildman–Crippen MR) is 133 cm³/mol. The highest BCUT2D eigenvalue weighted by atomic mass is 79.9. The molecular formula is C25H23BrF3N3O3. The van der Waals surface area contributed by atoms with E-state index in [0.29, 0.717) is 39.5 Å². The van der Waals surface area contributed by atoms with Crippen molar-refractivity contribution in [1.82, 2.24) is 0 Å². The van der Waals surface area contributed by atoms with E-state index in [-0.39, 0.29) is 12.5 Å². The molecule has 0 bridgehead atoms. The molecule has 0 aliphatic rings. The monoisotopic (exact) mass is 549 g/mol. The number of nitrogens with one attached hydrogen (secondary N) is 2. The number of hydrogen-bond donors (Lipinski definition) is 2. The van der Waals surface area contributed by atoms with Gasteiger partial charge in [0.2, 0.25) is 0 Å². The van der Waals surface area contributed by atoms with Gasteiger partial charge < -0.3 is 14.8 Å². The molecule has 0 aliphatic heterocycles. The van der Waals surface area contributed by atoms with Crippen LogP contribution in [0.3, 0.4) is 0 Å². The summed E-state index contributed by atoms with van der Waals surface area (Å²) in [5.74, 6) is 0.439. The van der Waals surface area contributed by atoms with Crippen LogP contribution in [0.5, 0.6) is 11.5 Å². The highest BCUT2D eigenvalue weighted by Crippen LogP contribution is 2.36. The fourth-order valence-electron chi connectivity index (χ4n) is 2.95. The van der Waals surface area contributed by atoms with E-state index in [2.05, 4.69) is 31.8 Å². The predicted octanol–water partition coefficient (Wildman–Crippen LogP) is 6.64. The van der Waals surface area contributed by atoms with E-state index < -0.39 is 11.7 Å². The minimum Gasteiger partial charge on any atom is -0.490 e. The molecule has 0 spiro atoms. The van der Waals surface area contributed by atoms with Crippen molar-refractivity contribution in [1.29, 1.82) is 0 Å². The van der Waals surface area contributed by atoms with Crippen LogP contribution in [-0.4, -0.2) is 25.3 Å². The fourth-order valence-corrected chi connectivity index (χ4v) is 3.53. The molecule has 3 rings (SSSR count). The van der Waals surface area contributed by atoms with Crippen molar-refractivity contribution in [3.05, 3.63) is 81.8 Å². The Balaban J connectivity index is 1.65. The number of benzene rings is 3. The molecule has 0 atom stereocenters. The van der Waals surface area contributed by atoms with Crippen molar-refractivity contribution in [2.75, 3.05) is 24.0 Å². The van der Waals surface area contributed by atoms with Crippen LogP contribution in [0, 0.1) is 6.92 Å². The largest absolute Gasteiger partial charge is 0.490 e. The zero-order valence-electron chi connectivity index (χ0n) is 18.9. The zero-order chi connectivity index (χ0) is 25.4.